The summed E-state index contributed by atoms with van der Waals surface area (Å²) in [5.41, 5.74) is 1.25. The normalized spacial score (nSPS) is 25.2. The van der Waals surface area contributed by atoms with E-state index in [4.69, 9.17) is 4.74 Å². The lowest BCUT2D eigenvalue weighted by Crippen LogP contribution is -2.54. The van der Waals surface area contributed by atoms with Gasteiger partial charge < -0.3 is 10.1 Å². The number of nitrogens with zero attached hydrogens (tertiary/aromatic N) is 1. The van der Waals surface area contributed by atoms with Gasteiger partial charge in [-0.25, -0.2) is 0 Å². The van der Waals surface area contributed by atoms with Crippen LogP contribution in [0.5, 0.6) is 0 Å². The molecular weight excluding hydrogens is 400 g/mol. The third kappa shape index (κ3) is 4.53. The van der Waals surface area contributed by atoms with Crippen molar-refractivity contribution in [3.05, 3.63) is 34.9 Å². The van der Waals surface area contributed by atoms with Gasteiger partial charge in [-0.3, -0.25) is 34.7 Å². The lowest BCUT2D eigenvalue weighted by atomic mass is 10.0. The van der Waals surface area contributed by atoms with Crippen molar-refractivity contribution in [3.63, 3.8) is 0 Å². The van der Waals surface area contributed by atoms with E-state index in [2.05, 4.69) is 16.0 Å². The molecule has 0 saturated carbocycles. The third-order valence-corrected chi connectivity index (χ3v) is 5.94. The number of imide groups is 2. The van der Waals surface area contributed by atoms with E-state index in [-0.39, 0.29) is 24.5 Å². The molecule has 0 radical (unpaired) electrons. The van der Waals surface area contributed by atoms with Gasteiger partial charge in [-0.05, 0) is 57.4 Å². The Morgan fingerprint density at radius 2 is 1.94 bits per heavy atom. The molecule has 3 N–H and O–H groups in total. The van der Waals surface area contributed by atoms with Gasteiger partial charge in [-0.1, -0.05) is 6.07 Å². The Kier molecular flexibility index (Phi) is 5.92. The Morgan fingerprint density at radius 3 is 2.65 bits per heavy atom. The average molecular weight is 428 g/mol. The topological polar surface area (TPSA) is 117 Å². The van der Waals surface area contributed by atoms with Crippen molar-refractivity contribution in [3.8, 4) is 0 Å². The van der Waals surface area contributed by atoms with Crippen molar-refractivity contribution in [2.24, 2.45) is 0 Å². The fourth-order valence-electron chi connectivity index (χ4n) is 4.37. The summed E-state index contributed by atoms with van der Waals surface area (Å²) >= 11 is 0. The standard InChI is InChI=1S/C22H28N4O5/c1-22(2)25-14(12-31-22)4-3-9-23-11-13-5-6-15-16(10-13)21(30)26(20(15)29)17-7-8-18(27)24-19(17)28/h5-6,10,14,17,23,25H,3-4,7-9,11-12H2,1-2H3,(H,24,27,28)/t14-,17?/m0/s1. The van der Waals surface area contributed by atoms with Crippen LogP contribution in [0.1, 0.15) is 65.8 Å². The number of hydrogen-bond acceptors (Lipinski definition) is 7. The first-order valence-electron chi connectivity index (χ1n) is 10.7. The van der Waals surface area contributed by atoms with E-state index >= 15 is 0 Å². The second-order valence-corrected chi connectivity index (χ2v) is 8.81. The van der Waals surface area contributed by atoms with Crippen molar-refractivity contribution in [1.29, 1.82) is 0 Å². The summed E-state index contributed by atoms with van der Waals surface area (Å²) in [4.78, 5) is 50.1. The minimum Gasteiger partial charge on any atom is -0.360 e. The van der Waals surface area contributed by atoms with Crippen LogP contribution in [0.25, 0.3) is 0 Å². The molecule has 0 bridgehead atoms. The van der Waals surface area contributed by atoms with E-state index in [9.17, 15) is 19.2 Å². The molecule has 3 aliphatic heterocycles. The Balaban J connectivity index is 1.31. The first-order valence-corrected chi connectivity index (χ1v) is 10.7. The van der Waals surface area contributed by atoms with E-state index in [0.29, 0.717) is 23.7 Å². The Morgan fingerprint density at radius 1 is 1.16 bits per heavy atom. The van der Waals surface area contributed by atoms with Crippen LogP contribution in [-0.4, -0.2) is 59.5 Å². The number of piperidine rings is 1. The van der Waals surface area contributed by atoms with Crippen LogP contribution in [0.3, 0.4) is 0 Å². The second kappa shape index (κ2) is 8.49. The van der Waals surface area contributed by atoms with Crippen LogP contribution in [0.15, 0.2) is 18.2 Å². The fourth-order valence-corrected chi connectivity index (χ4v) is 4.37. The van der Waals surface area contributed by atoms with Crippen molar-refractivity contribution in [2.75, 3.05) is 13.2 Å². The predicted molar refractivity (Wildman–Crippen MR) is 111 cm³/mol. The number of benzene rings is 1. The predicted octanol–water partition coefficient (Wildman–Crippen LogP) is 0.682. The number of fused-ring (bicyclic) bond motifs is 1. The van der Waals surface area contributed by atoms with Crippen LogP contribution in [0.2, 0.25) is 0 Å². The number of nitrogens with one attached hydrogen (secondary N) is 3. The lowest BCUT2D eigenvalue weighted by Gasteiger charge is -2.27. The van der Waals surface area contributed by atoms with Gasteiger partial charge in [0.2, 0.25) is 11.8 Å². The average Bonchev–Trinajstić information content (AvgIpc) is 3.18. The van der Waals surface area contributed by atoms with Gasteiger partial charge in [0.05, 0.1) is 17.7 Å². The highest BCUT2D eigenvalue weighted by Crippen LogP contribution is 2.28. The molecule has 4 rings (SSSR count). The molecule has 4 amide bonds. The molecule has 3 aliphatic rings. The van der Waals surface area contributed by atoms with Gasteiger partial charge in [-0.15, -0.1) is 0 Å². The van der Waals surface area contributed by atoms with Gasteiger partial charge in [0.25, 0.3) is 11.8 Å². The van der Waals surface area contributed by atoms with Crippen LogP contribution >= 0.6 is 0 Å². The second-order valence-electron chi connectivity index (χ2n) is 8.81. The summed E-state index contributed by atoms with van der Waals surface area (Å²) in [5.74, 6) is -1.95. The SMILES string of the molecule is CC1(C)N[C@@H](CCCNCc2ccc3c(c2)C(=O)N(C2CCC(=O)NC2=O)C3=O)CO1. The molecule has 0 aromatic heterocycles. The number of rotatable bonds is 7. The summed E-state index contributed by atoms with van der Waals surface area (Å²) < 4.78 is 5.67. The molecule has 2 fully saturated rings. The number of carbonyl (C=O) groups excluding carboxylic acids is 4. The van der Waals surface area contributed by atoms with Crippen LogP contribution < -0.4 is 16.0 Å². The zero-order chi connectivity index (χ0) is 22.2. The van der Waals surface area contributed by atoms with E-state index in [1.165, 1.54) is 0 Å². The minimum absolute atomic E-state index is 0.110. The maximum atomic E-state index is 12.9. The van der Waals surface area contributed by atoms with Crippen LogP contribution in [-0.2, 0) is 20.9 Å². The molecule has 31 heavy (non-hydrogen) atoms. The molecule has 9 heteroatoms. The Bertz CT molecular complexity index is 928. The molecule has 0 aliphatic carbocycles. The summed E-state index contributed by atoms with van der Waals surface area (Å²) in [7, 11) is 0. The highest BCUT2D eigenvalue weighted by Gasteiger charge is 2.44. The monoisotopic (exact) mass is 428 g/mol. The third-order valence-electron chi connectivity index (χ3n) is 5.94. The molecule has 1 unspecified atom stereocenters. The molecule has 3 heterocycles. The molecule has 1 aromatic rings. The quantitative estimate of drug-likeness (QED) is 0.432. The largest absolute Gasteiger partial charge is 0.360 e. The van der Waals surface area contributed by atoms with Gasteiger partial charge in [0.15, 0.2) is 0 Å². The van der Waals surface area contributed by atoms with E-state index < -0.39 is 23.8 Å². The first-order chi connectivity index (χ1) is 14.7. The zero-order valence-corrected chi connectivity index (χ0v) is 17.8. The first kappa shape index (κ1) is 21.6. The number of carbonyl (C=O) groups is 4. The molecule has 2 saturated heterocycles. The zero-order valence-electron chi connectivity index (χ0n) is 17.8. The molecular formula is C22H28N4O5. The van der Waals surface area contributed by atoms with E-state index in [1.807, 2.05) is 19.9 Å². The summed E-state index contributed by atoms with van der Waals surface area (Å²) in [5, 5.41) is 9.02. The van der Waals surface area contributed by atoms with Gasteiger partial charge in [0.1, 0.15) is 11.8 Å². The van der Waals surface area contributed by atoms with Gasteiger partial charge >= 0.3 is 0 Å². The molecule has 166 valence electrons. The van der Waals surface area contributed by atoms with Crippen LogP contribution in [0.4, 0.5) is 0 Å². The molecule has 2 atom stereocenters. The highest BCUT2D eigenvalue weighted by molar-refractivity contribution is 6.23. The summed E-state index contributed by atoms with van der Waals surface area (Å²) in [6.45, 7) is 6.16. The van der Waals surface area contributed by atoms with Crippen molar-refractivity contribution < 1.29 is 23.9 Å². The maximum absolute atomic E-state index is 12.9. The van der Waals surface area contributed by atoms with Gasteiger partial charge in [0, 0.05) is 19.0 Å². The van der Waals surface area contributed by atoms with E-state index in [0.717, 1.165) is 36.5 Å². The Hall–Kier alpha value is -2.62. The Labute approximate surface area is 180 Å². The minimum atomic E-state index is -0.940. The number of hydrogen-bond donors (Lipinski definition) is 3. The van der Waals surface area contributed by atoms with Gasteiger partial charge in [-0.2, -0.15) is 0 Å². The van der Waals surface area contributed by atoms with Crippen LogP contribution in [0, 0.1) is 0 Å². The fraction of sp³-hybridized carbons (Fsp3) is 0.545. The smallest absolute Gasteiger partial charge is 0.262 e. The molecule has 9 nitrogen and oxygen atoms in total. The lowest BCUT2D eigenvalue weighted by molar-refractivity contribution is -0.136. The molecule has 1 aromatic carbocycles. The van der Waals surface area contributed by atoms with Crippen molar-refractivity contribution >= 4 is 23.6 Å². The summed E-state index contributed by atoms with van der Waals surface area (Å²) in [6, 6.07) is 4.59. The van der Waals surface area contributed by atoms with Crippen molar-refractivity contribution in [2.45, 2.75) is 63.9 Å². The van der Waals surface area contributed by atoms with E-state index in [1.54, 1.807) is 12.1 Å². The number of ether oxygens (including phenoxy) is 1. The highest BCUT2D eigenvalue weighted by atomic mass is 16.5. The maximum Gasteiger partial charge on any atom is 0.262 e. The number of amides is 4. The summed E-state index contributed by atoms with van der Waals surface area (Å²) in [6.07, 6.45) is 2.26. The molecule has 0 spiro atoms. The van der Waals surface area contributed by atoms with Crippen molar-refractivity contribution in [1.82, 2.24) is 20.9 Å².